The van der Waals surface area contributed by atoms with E-state index < -0.39 is 0 Å². The molecule has 0 aliphatic carbocycles. The first-order valence-corrected chi connectivity index (χ1v) is 8.16. The smallest absolute Gasteiger partial charge is 0.188 e. The van der Waals surface area contributed by atoms with Gasteiger partial charge in [-0.1, -0.05) is 30.3 Å². The number of guanidine groups is 1. The molecule has 0 amide bonds. The molecule has 0 saturated heterocycles. The molecule has 0 spiro atoms. The SMILES string of the molecule is COc1ccc(CCNC(N)=NCC2Cc3ccccc3O2)cc1. The van der Waals surface area contributed by atoms with Gasteiger partial charge in [0.2, 0.25) is 0 Å². The van der Waals surface area contributed by atoms with Crippen molar-refractivity contribution in [1.29, 1.82) is 0 Å². The Morgan fingerprint density at radius 1 is 1.25 bits per heavy atom. The Balaban J connectivity index is 1.40. The van der Waals surface area contributed by atoms with Crippen LogP contribution in [0.4, 0.5) is 0 Å². The van der Waals surface area contributed by atoms with Gasteiger partial charge in [0, 0.05) is 13.0 Å². The van der Waals surface area contributed by atoms with Crippen LogP contribution in [0.1, 0.15) is 11.1 Å². The Morgan fingerprint density at radius 3 is 2.79 bits per heavy atom. The summed E-state index contributed by atoms with van der Waals surface area (Å²) in [7, 11) is 1.67. The molecule has 1 unspecified atom stereocenters. The van der Waals surface area contributed by atoms with Crippen molar-refractivity contribution < 1.29 is 9.47 Å². The van der Waals surface area contributed by atoms with Gasteiger partial charge in [0.15, 0.2) is 5.96 Å². The molecule has 0 bridgehead atoms. The molecule has 126 valence electrons. The molecule has 3 N–H and O–H groups in total. The number of benzene rings is 2. The monoisotopic (exact) mass is 325 g/mol. The minimum absolute atomic E-state index is 0.0735. The highest BCUT2D eigenvalue weighted by Crippen LogP contribution is 2.28. The summed E-state index contributed by atoms with van der Waals surface area (Å²) in [4.78, 5) is 4.39. The molecule has 0 aromatic heterocycles. The predicted molar refractivity (Wildman–Crippen MR) is 95.8 cm³/mol. The number of ether oxygens (including phenoxy) is 2. The van der Waals surface area contributed by atoms with E-state index in [1.807, 2.05) is 30.3 Å². The Bertz CT molecular complexity index is 673. The van der Waals surface area contributed by atoms with Crippen molar-refractivity contribution in [2.24, 2.45) is 10.7 Å². The summed E-state index contributed by atoms with van der Waals surface area (Å²) in [5, 5.41) is 3.15. The Kier molecular flexibility index (Phi) is 5.21. The zero-order chi connectivity index (χ0) is 16.8. The molecule has 2 aromatic carbocycles. The van der Waals surface area contributed by atoms with Crippen LogP contribution in [0.5, 0.6) is 11.5 Å². The van der Waals surface area contributed by atoms with Crippen molar-refractivity contribution in [2.45, 2.75) is 18.9 Å². The number of aliphatic imine (C=N–C) groups is 1. The fourth-order valence-corrected chi connectivity index (χ4v) is 2.74. The molecule has 1 aliphatic heterocycles. The van der Waals surface area contributed by atoms with Gasteiger partial charge in [-0.15, -0.1) is 0 Å². The lowest BCUT2D eigenvalue weighted by molar-refractivity contribution is 0.242. The maximum Gasteiger partial charge on any atom is 0.188 e. The van der Waals surface area contributed by atoms with Crippen molar-refractivity contribution in [3.63, 3.8) is 0 Å². The maximum atomic E-state index is 5.93. The van der Waals surface area contributed by atoms with E-state index in [1.54, 1.807) is 7.11 Å². The van der Waals surface area contributed by atoms with Gasteiger partial charge < -0.3 is 20.5 Å². The highest BCUT2D eigenvalue weighted by Gasteiger charge is 2.21. The average molecular weight is 325 g/mol. The van der Waals surface area contributed by atoms with Crippen LogP contribution >= 0.6 is 0 Å². The molecule has 1 atom stereocenters. The van der Waals surface area contributed by atoms with E-state index in [4.69, 9.17) is 15.2 Å². The molecule has 5 nitrogen and oxygen atoms in total. The van der Waals surface area contributed by atoms with Crippen LogP contribution in [0.3, 0.4) is 0 Å². The zero-order valence-corrected chi connectivity index (χ0v) is 13.9. The van der Waals surface area contributed by atoms with Crippen LogP contribution in [0.25, 0.3) is 0 Å². The second-order valence-corrected chi connectivity index (χ2v) is 5.80. The second-order valence-electron chi connectivity index (χ2n) is 5.80. The van der Waals surface area contributed by atoms with Crippen LogP contribution < -0.4 is 20.5 Å². The number of hydrogen-bond donors (Lipinski definition) is 2. The topological polar surface area (TPSA) is 68.9 Å². The molecule has 5 heteroatoms. The standard InChI is InChI=1S/C19H23N3O2/c1-23-16-8-6-14(7-9-16)10-11-21-19(20)22-13-17-12-15-4-2-3-5-18(15)24-17/h2-9,17H,10-13H2,1H3,(H3,20,21,22). The molecule has 1 aliphatic rings. The zero-order valence-electron chi connectivity index (χ0n) is 13.9. The predicted octanol–water partition coefficient (Wildman–Crippen LogP) is 2.15. The largest absolute Gasteiger partial charge is 0.497 e. The summed E-state index contributed by atoms with van der Waals surface area (Å²) in [5.74, 6) is 2.29. The van der Waals surface area contributed by atoms with Crippen LogP contribution in [-0.2, 0) is 12.8 Å². The van der Waals surface area contributed by atoms with E-state index in [0.29, 0.717) is 12.5 Å². The van der Waals surface area contributed by atoms with Crippen LogP contribution in [-0.4, -0.2) is 32.3 Å². The summed E-state index contributed by atoms with van der Waals surface area (Å²) >= 11 is 0. The summed E-state index contributed by atoms with van der Waals surface area (Å²) in [6.07, 6.45) is 1.84. The van der Waals surface area contributed by atoms with Gasteiger partial charge in [0.05, 0.1) is 13.7 Å². The summed E-state index contributed by atoms with van der Waals surface area (Å²) in [6.45, 7) is 1.31. The van der Waals surface area contributed by atoms with Gasteiger partial charge in [-0.05, 0) is 35.7 Å². The van der Waals surface area contributed by atoms with Crippen LogP contribution in [0.2, 0.25) is 0 Å². The number of methoxy groups -OCH3 is 1. The van der Waals surface area contributed by atoms with E-state index in [0.717, 1.165) is 30.9 Å². The van der Waals surface area contributed by atoms with Gasteiger partial charge in [0.25, 0.3) is 0 Å². The molecule has 24 heavy (non-hydrogen) atoms. The Labute approximate surface area is 142 Å². The van der Waals surface area contributed by atoms with Crippen molar-refractivity contribution >= 4 is 5.96 Å². The minimum atomic E-state index is 0.0735. The van der Waals surface area contributed by atoms with Crippen LogP contribution in [0, 0.1) is 0 Å². The summed E-state index contributed by atoms with van der Waals surface area (Å²) in [6, 6.07) is 16.1. The number of fused-ring (bicyclic) bond motifs is 1. The first-order valence-electron chi connectivity index (χ1n) is 8.16. The van der Waals surface area contributed by atoms with Gasteiger partial charge >= 0.3 is 0 Å². The molecule has 0 saturated carbocycles. The highest BCUT2D eigenvalue weighted by molar-refractivity contribution is 5.77. The highest BCUT2D eigenvalue weighted by atomic mass is 16.5. The molecule has 0 fully saturated rings. The summed E-state index contributed by atoms with van der Waals surface area (Å²) in [5.41, 5.74) is 8.40. The van der Waals surface area contributed by atoms with Crippen molar-refractivity contribution in [1.82, 2.24) is 5.32 Å². The molecule has 0 radical (unpaired) electrons. The third kappa shape index (κ3) is 4.19. The van der Waals surface area contributed by atoms with Gasteiger partial charge in [0.1, 0.15) is 17.6 Å². The lowest BCUT2D eigenvalue weighted by Gasteiger charge is -2.09. The molecule has 2 aromatic rings. The lowest BCUT2D eigenvalue weighted by Crippen LogP contribution is -2.34. The fraction of sp³-hybridized carbons (Fsp3) is 0.316. The summed E-state index contributed by atoms with van der Waals surface area (Å²) < 4.78 is 11.0. The molecule has 3 rings (SSSR count). The third-order valence-electron chi connectivity index (χ3n) is 4.06. The first kappa shape index (κ1) is 16.2. The first-order chi connectivity index (χ1) is 11.7. The maximum absolute atomic E-state index is 5.93. The van der Waals surface area contributed by atoms with Gasteiger partial charge in [-0.25, -0.2) is 4.99 Å². The number of rotatable bonds is 6. The average Bonchev–Trinajstić information content (AvgIpc) is 3.03. The number of hydrogen-bond acceptors (Lipinski definition) is 3. The number of nitrogens with one attached hydrogen (secondary N) is 1. The normalized spacial score (nSPS) is 16.4. The van der Waals surface area contributed by atoms with Crippen LogP contribution in [0.15, 0.2) is 53.5 Å². The quantitative estimate of drug-likeness (QED) is 0.631. The van der Waals surface area contributed by atoms with E-state index in [2.05, 4.69) is 28.5 Å². The van der Waals surface area contributed by atoms with Crippen molar-refractivity contribution in [2.75, 3.05) is 20.2 Å². The third-order valence-corrected chi connectivity index (χ3v) is 4.06. The minimum Gasteiger partial charge on any atom is -0.497 e. The van der Waals surface area contributed by atoms with E-state index in [-0.39, 0.29) is 6.10 Å². The van der Waals surface area contributed by atoms with Gasteiger partial charge in [-0.3, -0.25) is 0 Å². The lowest BCUT2D eigenvalue weighted by atomic mass is 10.1. The Morgan fingerprint density at radius 2 is 2.04 bits per heavy atom. The van der Waals surface area contributed by atoms with Crippen molar-refractivity contribution in [3.8, 4) is 11.5 Å². The number of para-hydroxylation sites is 1. The van der Waals surface area contributed by atoms with Gasteiger partial charge in [-0.2, -0.15) is 0 Å². The number of nitrogens with zero attached hydrogens (tertiary/aromatic N) is 1. The van der Waals surface area contributed by atoms with E-state index in [1.165, 1.54) is 11.1 Å². The van der Waals surface area contributed by atoms with E-state index in [9.17, 15) is 0 Å². The fourth-order valence-electron chi connectivity index (χ4n) is 2.74. The number of nitrogens with two attached hydrogens (primary N) is 1. The Hall–Kier alpha value is -2.69. The molecular formula is C19H23N3O2. The van der Waals surface area contributed by atoms with E-state index >= 15 is 0 Å². The van der Waals surface area contributed by atoms with Crippen molar-refractivity contribution in [3.05, 3.63) is 59.7 Å². The second kappa shape index (κ2) is 7.73. The molecule has 1 heterocycles. The molecular weight excluding hydrogens is 302 g/mol.